The monoisotopic (exact) mass is 375 g/mol. The van der Waals surface area contributed by atoms with Crippen LogP contribution in [0.4, 0.5) is 0 Å². The molecular formula is C20H42NO3P. The number of unbranched alkanes of at least 4 members (excludes halogenated alkanes) is 4. The van der Waals surface area contributed by atoms with Gasteiger partial charge < -0.3 is 0 Å². The van der Waals surface area contributed by atoms with E-state index in [1.54, 1.807) is 0 Å². The van der Waals surface area contributed by atoms with E-state index >= 15 is 0 Å². The molecular weight excluding hydrogens is 333 g/mol. The van der Waals surface area contributed by atoms with E-state index in [4.69, 9.17) is 10.3 Å². The van der Waals surface area contributed by atoms with E-state index in [0.717, 1.165) is 76.0 Å². The predicted molar refractivity (Wildman–Crippen MR) is 111 cm³/mol. The molecule has 0 aromatic heterocycles. The molecule has 0 saturated heterocycles. The van der Waals surface area contributed by atoms with Crippen LogP contribution in [0.15, 0.2) is 0 Å². The van der Waals surface area contributed by atoms with Crippen molar-refractivity contribution in [3.05, 3.63) is 0 Å². The van der Waals surface area contributed by atoms with Gasteiger partial charge in [0.2, 0.25) is 0 Å². The van der Waals surface area contributed by atoms with E-state index in [0.29, 0.717) is 0 Å². The third kappa shape index (κ3) is 9.03. The number of carbonyl (C=O) groups excluding carboxylic acids is 2. The van der Waals surface area contributed by atoms with Gasteiger partial charge >= 0.3 is 155 Å². The standard InChI is InChI=1S/C20H42NO3P/c1-5-9-15-25(16-10-6-2,17-11-7-3,18-12-8-4)24-20(23)14-13-19(21)22/h5-18H2,1-4H3,(H2,21,22). The van der Waals surface area contributed by atoms with Crippen LogP contribution < -0.4 is 5.73 Å². The molecule has 0 aromatic rings. The number of rotatable bonds is 16. The topological polar surface area (TPSA) is 69.4 Å². The van der Waals surface area contributed by atoms with Gasteiger partial charge in [0.1, 0.15) is 0 Å². The molecule has 0 fully saturated rings. The quantitative estimate of drug-likeness (QED) is 0.364. The van der Waals surface area contributed by atoms with Gasteiger partial charge in [0, 0.05) is 0 Å². The minimum absolute atomic E-state index is 0.0917. The van der Waals surface area contributed by atoms with Crippen LogP contribution in [-0.2, 0) is 14.1 Å². The fourth-order valence-electron chi connectivity index (χ4n) is 3.64. The summed E-state index contributed by atoms with van der Waals surface area (Å²) in [4.78, 5) is 23.7. The molecule has 0 aromatic carbocycles. The Hall–Kier alpha value is -0.630. The Kier molecular flexibility index (Phi) is 12.4. The SMILES string of the molecule is CCCCP(CCCC)(CCCC)(CCCC)OC(=O)CCC(N)=O. The van der Waals surface area contributed by atoms with Gasteiger partial charge in [0.15, 0.2) is 0 Å². The summed E-state index contributed by atoms with van der Waals surface area (Å²) in [5.74, 6) is -0.627. The van der Waals surface area contributed by atoms with Crippen LogP contribution in [0.3, 0.4) is 0 Å². The number of nitrogens with two attached hydrogens (primary N) is 1. The first-order chi connectivity index (χ1) is 11.9. The normalized spacial score (nSPS) is 13.2. The third-order valence-electron chi connectivity index (χ3n) is 5.24. The summed E-state index contributed by atoms with van der Waals surface area (Å²) < 4.78 is 6.47. The van der Waals surface area contributed by atoms with E-state index in [9.17, 15) is 9.59 Å². The maximum absolute atomic E-state index is 12.6. The number of carbonyl (C=O) groups is 2. The van der Waals surface area contributed by atoms with Crippen LogP contribution in [0.2, 0.25) is 0 Å². The van der Waals surface area contributed by atoms with Crippen LogP contribution in [-0.4, -0.2) is 36.5 Å². The number of hydrogen-bond acceptors (Lipinski definition) is 3. The third-order valence-corrected chi connectivity index (χ3v) is 11.8. The van der Waals surface area contributed by atoms with Crippen molar-refractivity contribution in [1.29, 1.82) is 0 Å². The van der Waals surface area contributed by atoms with Gasteiger partial charge in [-0.3, -0.25) is 0 Å². The predicted octanol–water partition coefficient (Wildman–Crippen LogP) is 5.46. The maximum atomic E-state index is 12.6. The Labute approximate surface area is 155 Å². The first kappa shape index (κ1) is 24.4. The summed E-state index contributed by atoms with van der Waals surface area (Å²) in [6, 6.07) is 0. The average molecular weight is 376 g/mol. The molecule has 0 aliphatic heterocycles. The Morgan fingerprint density at radius 2 is 1.08 bits per heavy atom. The van der Waals surface area contributed by atoms with Crippen molar-refractivity contribution < 1.29 is 14.1 Å². The van der Waals surface area contributed by atoms with Crippen molar-refractivity contribution >= 4 is 18.7 Å². The molecule has 5 heteroatoms. The molecule has 0 saturated carbocycles. The molecule has 0 unspecified atom stereocenters. The molecule has 0 rings (SSSR count). The molecule has 2 N–H and O–H groups in total. The number of primary amides is 1. The van der Waals surface area contributed by atoms with Crippen LogP contribution in [0, 0.1) is 0 Å². The second-order valence-electron chi connectivity index (χ2n) is 7.60. The molecule has 0 aliphatic carbocycles. The van der Waals surface area contributed by atoms with Gasteiger partial charge in [-0.25, -0.2) is 0 Å². The average Bonchev–Trinajstić information content (AvgIpc) is 2.60. The van der Waals surface area contributed by atoms with E-state index in [1.807, 2.05) is 0 Å². The van der Waals surface area contributed by atoms with Crippen molar-refractivity contribution in [1.82, 2.24) is 0 Å². The Morgan fingerprint density at radius 3 is 1.36 bits per heavy atom. The van der Waals surface area contributed by atoms with Gasteiger partial charge in [-0.15, -0.1) is 0 Å². The Bertz CT molecular complexity index is 355. The van der Waals surface area contributed by atoms with E-state index in [2.05, 4.69) is 27.7 Å². The molecule has 150 valence electrons. The van der Waals surface area contributed by atoms with E-state index in [1.165, 1.54) is 0 Å². The summed E-state index contributed by atoms with van der Waals surface area (Å²) >= 11 is 0. The van der Waals surface area contributed by atoms with Gasteiger partial charge in [-0.1, -0.05) is 0 Å². The van der Waals surface area contributed by atoms with Gasteiger partial charge in [0.25, 0.3) is 0 Å². The Morgan fingerprint density at radius 1 is 0.720 bits per heavy atom. The summed E-state index contributed by atoms with van der Waals surface area (Å²) in [6.45, 7) is 6.27. The van der Waals surface area contributed by atoms with Gasteiger partial charge in [-0.2, -0.15) is 0 Å². The van der Waals surface area contributed by atoms with Crippen molar-refractivity contribution in [2.75, 3.05) is 24.6 Å². The van der Waals surface area contributed by atoms with Crippen molar-refractivity contribution in [3.63, 3.8) is 0 Å². The van der Waals surface area contributed by atoms with E-state index in [-0.39, 0.29) is 18.8 Å². The van der Waals surface area contributed by atoms with Crippen molar-refractivity contribution in [2.45, 2.75) is 91.9 Å². The zero-order valence-corrected chi connectivity index (χ0v) is 18.0. The Balaban J connectivity index is 5.63. The summed E-state index contributed by atoms with van der Waals surface area (Å²) in [5.41, 5.74) is 5.22. The van der Waals surface area contributed by atoms with Gasteiger partial charge in [0.05, 0.1) is 0 Å². The first-order valence-electron chi connectivity index (χ1n) is 10.4. The molecule has 0 heterocycles. The second-order valence-corrected chi connectivity index (χ2v) is 13.3. The zero-order valence-electron chi connectivity index (χ0n) is 17.1. The summed E-state index contributed by atoms with van der Waals surface area (Å²) in [6.07, 6.45) is 13.5. The zero-order chi connectivity index (χ0) is 19.2. The van der Waals surface area contributed by atoms with Crippen LogP contribution >= 0.6 is 6.83 Å². The second kappa shape index (κ2) is 12.7. The molecule has 0 atom stereocenters. The van der Waals surface area contributed by atoms with Crippen LogP contribution in [0.5, 0.6) is 0 Å². The molecule has 0 aliphatic rings. The van der Waals surface area contributed by atoms with Gasteiger partial charge in [-0.05, 0) is 0 Å². The molecule has 4 nitrogen and oxygen atoms in total. The van der Waals surface area contributed by atoms with Crippen molar-refractivity contribution in [2.24, 2.45) is 5.73 Å². The first-order valence-corrected chi connectivity index (χ1v) is 13.3. The molecule has 0 radical (unpaired) electrons. The fourth-order valence-corrected chi connectivity index (χ4v) is 10.5. The molecule has 25 heavy (non-hydrogen) atoms. The molecule has 0 bridgehead atoms. The summed E-state index contributed by atoms with van der Waals surface area (Å²) in [5, 5.41) is 0. The van der Waals surface area contributed by atoms with Crippen molar-refractivity contribution in [3.8, 4) is 0 Å². The number of hydrogen-bond donors (Lipinski definition) is 1. The molecule has 1 amide bonds. The number of amides is 1. The summed E-state index contributed by atoms with van der Waals surface area (Å²) in [7, 11) is 0. The van der Waals surface area contributed by atoms with E-state index < -0.39 is 12.7 Å². The fraction of sp³-hybridized carbons (Fsp3) is 0.900. The molecule has 0 spiro atoms. The van der Waals surface area contributed by atoms with Crippen LogP contribution in [0.1, 0.15) is 91.9 Å². The minimum atomic E-state index is -2.56. The van der Waals surface area contributed by atoms with Crippen LogP contribution in [0.25, 0.3) is 0 Å².